The first-order valence-electron chi connectivity index (χ1n) is 4.20. The Kier molecular flexibility index (Phi) is 3.45. The third kappa shape index (κ3) is 2.02. The van der Waals surface area contributed by atoms with Crippen molar-refractivity contribution in [1.82, 2.24) is 0 Å². The lowest BCUT2D eigenvalue weighted by Gasteiger charge is -2.07. The highest BCUT2D eigenvalue weighted by Gasteiger charge is 2.18. The van der Waals surface area contributed by atoms with Gasteiger partial charge in [-0.25, -0.2) is 9.18 Å². The van der Waals surface area contributed by atoms with E-state index in [4.69, 9.17) is 9.47 Å². The number of methoxy groups -OCH3 is 1. The van der Waals surface area contributed by atoms with Crippen LogP contribution >= 0.6 is 0 Å². The molecule has 0 amide bonds. The van der Waals surface area contributed by atoms with Crippen molar-refractivity contribution in [2.75, 3.05) is 13.7 Å². The zero-order chi connectivity index (χ0) is 10.6. The SMILES string of the molecule is CCOC(=O)c1c(F)cccc1OC. The average molecular weight is 198 g/mol. The van der Waals surface area contributed by atoms with E-state index in [0.717, 1.165) is 0 Å². The third-order valence-electron chi connectivity index (χ3n) is 1.67. The first kappa shape index (κ1) is 10.5. The number of hydrogen-bond acceptors (Lipinski definition) is 3. The Morgan fingerprint density at radius 2 is 2.21 bits per heavy atom. The second-order valence-corrected chi connectivity index (χ2v) is 2.54. The van der Waals surface area contributed by atoms with E-state index < -0.39 is 11.8 Å². The molecule has 4 heteroatoms. The van der Waals surface area contributed by atoms with Gasteiger partial charge in [0.15, 0.2) is 0 Å². The van der Waals surface area contributed by atoms with Crippen LogP contribution in [0.25, 0.3) is 0 Å². The van der Waals surface area contributed by atoms with Crippen molar-refractivity contribution in [3.8, 4) is 5.75 Å². The molecule has 1 rings (SSSR count). The highest BCUT2D eigenvalue weighted by Crippen LogP contribution is 2.21. The molecule has 0 spiro atoms. The van der Waals surface area contributed by atoms with Crippen LogP contribution in [-0.4, -0.2) is 19.7 Å². The molecular weight excluding hydrogens is 187 g/mol. The minimum Gasteiger partial charge on any atom is -0.496 e. The minimum atomic E-state index is -0.706. The van der Waals surface area contributed by atoms with Gasteiger partial charge in [0.05, 0.1) is 13.7 Å². The van der Waals surface area contributed by atoms with E-state index in [-0.39, 0.29) is 17.9 Å². The van der Waals surface area contributed by atoms with Gasteiger partial charge in [-0.3, -0.25) is 0 Å². The van der Waals surface area contributed by atoms with Crippen LogP contribution in [0.4, 0.5) is 4.39 Å². The molecule has 0 aliphatic carbocycles. The second kappa shape index (κ2) is 4.60. The Morgan fingerprint density at radius 1 is 1.50 bits per heavy atom. The number of hydrogen-bond donors (Lipinski definition) is 0. The molecule has 0 bridgehead atoms. The van der Waals surface area contributed by atoms with Crippen molar-refractivity contribution in [2.45, 2.75) is 6.92 Å². The number of carbonyl (C=O) groups is 1. The van der Waals surface area contributed by atoms with Crippen LogP contribution < -0.4 is 4.74 Å². The summed E-state index contributed by atoms with van der Waals surface area (Å²) in [7, 11) is 1.37. The summed E-state index contributed by atoms with van der Waals surface area (Å²) in [6.07, 6.45) is 0. The molecule has 0 saturated heterocycles. The Hall–Kier alpha value is -1.58. The average Bonchev–Trinajstić information content (AvgIpc) is 2.17. The van der Waals surface area contributed by atoms with Crippen LogP contribution in [0.1, 0.15) is 17.3 Å². The first-order valence-corrected chi connectivity index (χ1v) is 4.20. The lowest BCUT2D eigenvalue weighted by molar-refractivity contribution is 0.0517. The topological polar surface area (TPSA) is 35.5 Å². The summed E-state index contributed by atoms with van der Waals surface area (Å²) in [5.74, 6) is -1.16. The molecule has 0 atom stereocenters. The Morgan fingerprint density at radius 3 is 2.79 bits per heavy atom. The monoisotopic (exact) mass is 198 g/mol. The van der Waals surface area contributed by atoms with Gasteiger partial charge in [-0.15, -0.1) is 0 Å². The molecule has 0 heterocycles. The Labute approximate surface area is 81.4 Å². The summed E-state index contributed by atoms with van der Waals surface area (Å²) in [5, 5.41) is 0. The maximum absolute atomic E-state index is 13.2. The summed E-state index contributed by atoms with van der Waals surface area (Å²) >= 11 is 0. The molecule has 0 saturated carbocycles. The molecule has 3 nitrogen and oxygen atoms in total. The molecular formula is C10H11FO3. The van der Waals surface area contributed by atoms with E-state index in [1.807, 2.05) is 0 Å². The number of esters is 1. The van der Waals surface area contributed by atoms with Crippen molar-refractivity contribution in [1.29, 1.82) is 0 Å². The van der Waals surface area contributed by atoms with Crippen molar-refractivity contribution in [3.05, 3.63) is 29.6 Å². The molecule has 1 aromatic rings. The number of halogens is 1. The predicted molar refractivity (Wildman–Crippen MR) is 48.9 cm³/mol. The van der Waals surface area contributed by atoms with E-state index in [1.165, 1.54) is 25.3 Å². The fourth-order valence-corrected chi connectivity index (χ4v) is 1.08. The molecule has 0 N–H and O–H groups in total. The lowest BCUT2D eigenvalue weighted by Crippen LogP contribution is -2.09. The molecule has 0 aliphatic heterocycles. The van der Waals surface area contributed by atoms with E-state index in [9.17, 15) is 9.18 Å². The van der Waals surface area contributed by atoms with Gasteiger partial charge in [-0.1, -0.05) is 6.07 Å². The molecule has 1 aromatic carbocycles. The smallest absolute Gasteiger partial charge is 0.344 e. The van der Waals surface area contributed by atoms with Gasteiger partial charge >= 0.3 is 5.97 Å². The molecule has 0 fully saturated rings. The lowest BCUT2D eigenvalue weighted by atomic mass is 10.2. The first-order chi connectivity index (χ1) is 6.70. The summed E-state index contributed by atoms with van der Waals surface area (Å²) in [6.45, 7) is 1.86. The van der Waals surface area contributed by atoms with Crippen LogP contribution in [-0.2, 0) is 4.74 Å². The van der Waals surface area contributed by atoms with Crippen molar-refractivity contribution >= 4 is 5.97 Å². The number of rotatable bonds is 3. The number of benzene rings is 1. The van der Waals surface area contributed by atoms with Crippen LogP contribution in [0.3, 0.4) is 0 Å². The van der Waals surface area contributed by atoms with Crippen molar-refractivity contribution in [3.63, 3.8) is 0 Å². The van der Waals surface area contributed by atoms with Crippen molar-refractivity contribution in [2.24, 2.45) is 0 Å². The van der Waals surface area contributed by atoms with Gasteiger partial charge in [0.2, 0.25) is 0 Å². The van der Waals surface area contributed by atoms with E-state index in [1.54, 1.807) is 6.92 Å². The van der Waals surface area contributed by atoms with Gasteiger partial charge in [0.1, 0.15) is 17.1 Å². The number of carbonyl (C=O) groups excluding carboxylic acids is 1. The van der Waals surface area contributed by atoms with E-state index >= 15 is 0 Å². The summed E-state index contributed by atoms with van der Waals surface area (Å²) in [5.41, 5.74) is -0.156. The molecule has 14 heavy (non-hydrogen) atoms. The quantitative estimate of drug-likeness (QED) is 0.697. The fraction of sp³-hybridized carbons (Fsp3) is 0.300. The third-order valence-corrected chi connectivity index (χ3v) is 1.67. The molecule has 76 valence electrons. The standard InChI is InChI=1S/C10H11FO3/c1-3-14-10(12)9-7(11)5-4-6-8(9)13-2/h4-6H,3H2,1-2H3. The Bertz CT molecular complexity index is 336. The van der Waals surface area contributed by atoms with Crippen molar-refractivity contribution < 1.29 is 18.7 Å². The van der Waals surface area contributed by atoms with Gasteiger partial charge in [-0.05, 0) is 19.1 Å². The molecule has 0 unspecified atom stereocenters. The van der Waals surface area contributed by atoms with E-state index in [2.05, 4.69) is 0 Å². The highest BCUT2D eigenvalue weighted by molar-refractivity contribution is 5.92. The summed E-state index contributed by atoms with van der Waals surface area (Å²) in [4.78, 5) is 11.3. The van der Waals surface area contributed by atoms with Gasteiger partial charge in [0.25, 0.3) is 0 Å². The molecule has 0 aromatic heterocycles. The fourth-order valence-electron chi connectivity index (χ4n) is 1.08. The predicted octanol–water partition coefficient (Wildman–Crippen LogP) is 2.01. The number of ether oxygens (including phenoxy) is 2. The second-order valence-electron chi connectivity index (χ2n) is 2.54. The van der Waals surface area contributed by atoms with Crippen LogP contribution in [0.2, 0.25) is 0 Å². The van der Waals surface area contributed by atoms with Gasteiger partial charge in [-0.2, -0.15) is 0 Å². The van der Waals surface area contributed by atoms with Crippen LogP contribution in [0.15, 0.2) is 18.2 Å². The maximum atomic E-state index is 13.2. The normalized spacial score (nSPS) is 9.64. The van der Waals surface area contributed by atoms with Gasteiger partial charge < -0.3 is 9.47 Å². The largest absolute Gasteiger partial charge is 0.496 e. The van der Waals surface area contributed by atoms with Gasteiger partial charge in [0, 0.05) is 0 Å². The Balaban J connectivity index is 3.10. The summed E-state index contributed by atoms with van der Waals surface area (Å²) in [6, 6.07) is 4.17. The highest BCUT2D eigenvalue weighted by atomic mass is 19.1. The summed E-state index contributed by atoms with van der Waals surface area (Å²) < 4.78 is 22.8. The zero-order valence-electron chi connectivity index (χ0n) is 8.04. The maximum Gasteiger partial charge on any atom is 0.344 e. The molecule has 0 radical (unpaired) electrons. The van der Waals surface area contributed by atoms with Crippen LogP contribution in [0.5, 0.6) is 5.75 Å². The zero-order valence-corrected chi connectivity index (χ0v) is 8.04. The molecule has 0 aliphatic rings. The van der Waals surface area contributed by atoms with E-state index in [0.29, 0.717) is 0 Å². The minimum absolute atomic E-state index is 0.156. The van der Waals surface area contributed by atoms with Crippen LogP contribution in [0, 0.1) is 5.82 Å².